The summed E-state index contributed by atoms with van der Waals surface area (Å²) in [5.41, 5.74) is 0.213. The number of fused-ring (bicyclic) bond motifs is 1. The first-order chi connectivity index (χ1) is 17.8. The molecule has 0 unspecified atom stereocenters. The number of carbonyl (C=O) groups is 2. The maximum Gasteiger partial charge on any atom is 0.347 e. The molecule has 0 aromatic heterocycles. The first-order valence-electron chi connectivity index (χ1n) is 11.9. The van der Waals surface area contributed by atoms with E-state index in [2.05, 4.69) is 5.32 Å². The second-order valence-corrected chi connectivity index (χ2v) is 9.06. The third-order valence-electron chi connectivity index (χ3n) is 6.37. The molecule has 2 atom stereocenters. The minimum Gasteiger partial charge on any atom is -0.496 e. The molecule has 0 bridgehead atoms. The number of carboxylic acids is 1. The lowest BCUT2D eigenvalue weighted by Gasteiger charge is -2.40. The molecule has 0 aliphatic carbocycles. The van der Waals surface area contributed by atoms with Crippen molar-refractivity contribution >= 4 is 29.2 Å². The number of benzene rings is 3. The summed E-state index contributed by atoms with van der Waals surface area (Å²) in [5, 5.41) is 14.3. The lowest BCUT2D eigenvalue weighted by atomic mass is 9.77. The number of ether oxygens (including phenoxy) is 3. The third kappa shape index (κ3) is 5.08. The average Bonchev–Trinajstić information content (AvgIpc) is 3.02. The van der Waals surface area contributed by atoms with Gasteiger partial charge in [-0.25, -0.2) is 4.79 Å². The van der Waals surface area contributed by atoms with E-state index in [9.17, 15) is 14.7 Å². The summed E-state index contributed by atoms with van der Waals surface area (Å²) in [6, 6.07) is 19.1. The standard InChI is InChI=1S/C28H29ClN2O6/c1-4-12-31-24-11-10-19(29)13-23(24)28(30-17-25(31)32,18-8-6-5-7-9-18)26(27(33)34)37-22-15-20(35-2)14-21(16-22)36-3/h5-11,13-16,26,30H,4,12,17H2,1-3H3,(H,33,34)/t26-,28+/m1/s1. The molecule has 0 spiro atoms. The van der Waals surface area contributed by atoms with Gasteiger partial charge in [0.25, 0.3) is 0 Å². The van der Waals surface area contributed by atoms with Crippen molar-refractivity contribution in [2.24, 2.45) is 0 Å². The molecule has 1 amide bonds. The van der Waals surface area contributed by atoms with Crippen LogP contribution in [0.3, 0.4) is 0 Å². The van der Waals surface area contributed by atoms with Gasteiger partial charge >= 0.3 is 5.97 Å². The summed E-state index contributed by atoms with van der Waals surface area (Å²) in [4.78, 5) is 28.0. The van der Waals surface area contributed by atoms with Crippen LogP contribution < -0.4 is 24.4 Å². The summed E-state index contributed by atoms with van der Waals surface area (Å²) < 4.78 is 16.9. The van der Waals surface area contributed by atoms with Crippen LogP contribution in [-0.4, -0.2) is 50.4 Å². The van der Waals surface area contributed by atoms with Crippen LogP contribution in [0.2, 0.25) is 5.02 Å². The van der Waals surface area contributed by atoms with Gasteiger partial charge in [0, 0.05) is 41.0 Å². The van der Waals surface area contributed by atoms with Gasteiger partial charge in [-0.2, -0.15) is 0 Å². The predicted octanol–water partition coefficient (Wildman–Crippen LogP) is 4.48. The van der Waals surface area contributed by atoms with Crippen molar-refractivity contribution in [2.75, 3.05) is 32.2 Å². The van der Waals surface area contributed by atoms with Crippen molar-refractivity contribution in [2.45, 2.75) is 25.0 Å². The number of nitrogens with zero attached hydrogens (tertiary/aromatic N) is 1. The molecule has 0 saturated carbocycles. The number of methoxy groups -OCH3 is 2. The van der Waals surface area contributed by atoms with Crippen molar-refractivity contribution in [3.05, 3.63) is 82.9 Å². The number of amides is 1. The van der Waals surface area contributed by atoms with Crippen LogP contribution in [0, 0.1) is 0 Å². The van der Waals surface area contributed by atoms with E-state index in [-0.39, 0.29) is 18.2 Å². The topological polar surface area (TPSA) is 97.3 Å². The molecule has 8 nitrogen and oxygen atoms in total. The van der Waals surface area contributed by atoms with E-state index < -0.39 is 17.6 Å². The van der Waals surface area contributed by atoms with E-state index in [1.54, 1.807) is 41.3 Å². The molecule has 1 aliphatic heterocycles. The lowest BCUT2D eigenvalue weighted by molar-refractivity contribution is -0.149. The Kier molecular flexibility index (Phi) is 7.90. The van der Waals surface area contributed by atoms with E-state index in [0.29, 0.717) is 46.3 Å². The predicted molar refractivity (Wildman–Crippen MR) is 141 cm³/mol. The zero-order valence-electron chi connectivity index (χ0n) is 20.9. The van der Waals surface area contributed by atoms with Crippen molar-refractivity contribution in [1.29, 1.82) is 0 Å². The molecule has 0 radical (unpaired) electrons. The summed E-state index contributed by atoms with van der Waals surface area (Å²) in [7, 11) is 3.00. The average molecular weight is 525 g/mol. The Morgan fingerprint density at radius 1 is 1.05 bits per heavy atom. The second-order valence-electron chi connectivity index (χ2n) is 8.62. The number of hydrogen-bond donors (Lipinski definition) is 2. The molecule has 9 heteroatoms. The zero-order valence-corrected chi connectivity index (χ0v) is 21.6. The van der Waals surface area contributed by atoms with Crippen molar-refractivity contribution in [1.82, 2.24) is 5.32 Å². The van der Waals surface area contributed by atoms with Crippen molar-refractivity contribution in [3.63, 3.8) is 0 Å². The van der Waals surface area contributed by atoms with E-state index in [0.717, 1.165) is 0 Å². The fourth-order valence-electron chi connectivity index (χ4n) is 4.72. The summed E-state index contributed by atoms with van der Waals surface area (Å²) in [6.45, 7) is 2.33. The van der Waals surface area contributed by atoms with Crippen LogP contribution in [0.1, 0.15) is 24.5 Å². The number of halogens is 1. The first kappa shape index (κ1) is 26.3. The molecular formula is C28H29ClN2O6. The molecular weight excluding hydrogens is 496 g/mol. The maximum absolute atomic E-state index is 13.3. The Morgan fingerprint density at radius 3 is 2.30 bits per heavy atom. The third-order valence-corrected chi connectivity index (χ3v) is 6.60. The number of anilines is 1. The number of carboxylic acid groups (broad SMARTS) is 1. The molecule has 4 rings (SSSR count). The number of aliphatic carboxylic acids is 1. The van der Waals surface area contributed by atoms with E-state index in [1.165, 1.54) is 14.2 Å². The van der Waals surface area contributed by atoms with Gasteiger partial charge in [-0.15, -0.1) is 0 Å². The lowest BCUT2D eigenvalue weighted by Crippen LogP contribution is -2.58. The van der Waals surface area contributed by atoms with E-state index in [1.807, 2.05) is 37.3 Å². The molecule has 2 N–H and O–H groups in total. The van der Waals surface area contributed by atoms with Crippen LogP contribution in [0.5, 0.6) is 17.2 Å². The van der Waals surface area contributed by atoms with Gasteiger partial charge in [0.1, 0.15) is 22.8 Å². The van der Waals surface area contributed by atoms with Gasteiger partial charge in [0.05, 0.1) is 20.8 Å². The minimum absolute atomic E-state index is 0.115. The Bertz CT molecular complexity index is 1260. The van der Waals surface area contributed by atoms with Crippen LogP contribution in [0.15, 0.2) is 66.7 Å². The molecule has 194 valence electrons. The monoisotopic (exact) mass is 524 g/mol. The second kappa shape index (κ2) is 11.1. The number of hydrogen-bond acceptors (Lipinski definition) is 6. The molecule has 37 heavy (non-hydrogen) atoms. The Balaban J connectivity index is 2.00. The Morgan fingerprint density at radius 2 is 1.70 bits per heavy atom. The summed E-state index contributed by atoms with van der Waals surface area (Å²) >= 11 is 6.48. The highest BCUT2D eigenvalue weighted by molar-refractivity contribution is 6.30. The van der Waals surface area contributed by atoms with Gasteiger partial charge in [0.15, 0.2) is 0 Å². The number of nitrogens with one attached hydrogen (secondary N) is 1. The van der Waals surface area contributed by atoms with Gasteiger partial charge < -0.3 is 24.2 Å². The molecule has 0 saturated heterocycles. The zero-order chi connectivity index (χ0) is 26.6. The quantitative estimate of drug-likeness (QED) is 0.426. The first-order valence-corrected chi connectivity index (χ1v) is 12.2. The van der Waals surface area contributed by atoms with Gasteiger partial charge in [-0.3, -0.25) is 10.1 Å². The molecule has 1 heterocycles. The Hall–Kier alpha value is -3.75. The van der Waals surface area contributed by atoms with E-state index >= 15 is 0 Å². The van der Waals surface area contributed by atoms with Crippen molar-refractivity contribution < 1.29 is 28.9 Å². The van der Waals surface area contributed by atoms with Gasteiger partial charge in [-0.1, -0.05) is 48.9 Å². The highest BCUT2D eigenvalue weighted by Gasteiger charge is 2.52. The normalized spacial score (nSPS) is 17.9. The van der Waals surface area contributed by atoms with E-state index in [4.69, 9.17) is 25.8 Å². The van der Waals surface area contributed by atoms with Gasteiger partial charge in [-0.05, 0) is 30.2 Å². The van der Waals surface area contributed by atoms with Gasteiger partial charge in [0.2, 0.25) is 12.0 Å². The summed E-state index contributed by atoms with van der Waals surface area (Å²) in [5.74, 6) is -0.316. The van der Waals surface area contributed by atoms with Crippen LogP contribution in [0.4, 0.5) is 5.69 Å². The highest BCUT2D eigenvalue weighted by Crippen LogP contribution is 2.44. The smallest absolute Gasteiger partial charge is 0.347 e. The number of carbonyl (C=O) groups excluding carboxylic acids is 1. The van der Waals surface area contributed by atoms with Crippen LogP contribution in [0.25, 0.3) is 0 Å². The fourth-order valence-corrected chi connectivity index (χ4v) is 4.89. The fraction of sp³-hybridized carbons (Fsp3) is 0.286. The molecule has 0 fully saturated rings. The molecule has 1 aliphatic rings. The molecule has 3 aromatic rings. The SMILES string of the molecule is CCCN1C(=O)CN[C@](c2ccccc2)([C@H](Oc2cc(OC)cc(OC)c2)C(=O)O)c2cc(Cl)ccc21. The highest BCUT2D eigenvalue weighted by atomic mass is 35.5. The van der Waals surface area contributed by atoms with Crippen LogP contribution >= 0.6 is 11.6 Å². The number of rotatable bonds is 9. The molecule has 3 aromatic carbocycles. The van der Waals surface area contributed by atoms with Crippen molar-refractivity contribution in [3.8, 4) is 17.2 Å². The largest absolute Gasteiger partial charge is 0.496 e. The Labute approximate surface area is 220 Å². The minimum atomic E-state index is -1.52. The summed E-state index contributed by atoms with van der Waals surface area (Å²) in [6.07, 6.45) is -0.799. The van der Waals surface area contributed by atoms with Crippen LogP contribution in [-0.2, 0) is 15.1 Å². The maximum atomic E-state index is 13.3.